The Morgan fingerprint density at radius 3 is 1.34 bits per heavy atom. The molecule has 7 rings (SSSR count). The quantitative estimate of drug-likeness (QED) is 0.0357. The number of unbranched alkanes of at least 4 members (excludes halogenated alkanes) is 20. The van der Waals surface area contributed by atoms with Crippen molar-refractivity contribution in [2.45, 2.75) is 240 Å². The zero-order chi connectivity index (χ0) is 60.5. The molecule has 15 heteroatoms. The van der Waals surface area contributed by atoms with Gasteiger partial charge in [-0.1, -0.05) is 169 Å². The van der Waals surface area contributed by atoms with E-state index in [0.29, 0.717) is 37.4 Å². The van der Waals surface area contributed by atoms with E-state index in [0.717, 1.165) is 54.7 Å². The summed E-state index contributed by atoms with van der Waals surface area (Å²) in [6.07, 6.45) is 40.4. The number of thiophene rings is 4. The van der Waals surface area contributed by atoms with E-state index in [1.165, 1.54) is 208 Å². The molecule has 1 aliphatic heterocycles. The molecule has 6 aromatic heterocycles. The molecule has 452 valence electrons. The molecule has 0 saturated carbocycles. The Labute approximate surface area is 534 Å². The molecule has 0 saturated heterocycles. The summed E-state index contributed by atoms with van der Waals surface area (Å²) < 4.78 is 5.08. The van der Waals surface area contributed by atoms with E-state index >= 15 is 0 Å². The number of aromatic nitrogens is 2. The summed E-state index contributed by atoms with van der Waals surface area (Å²) in [4.78, 5) is 39.1. The fraction of sp³-hybridized carbons (Fsp3) is 0.543. The fourth-order valence-corrected chi connectivity index (χ4v) is 20.6. The summed E-state index contributed by atoms with van der Waals surface area (Å²) in [5, 5.41) is 39.4. The van der Waals surface area contributed by atoms with E-state index in [4.69, 9.17) is 0 Å². The Balaban J connectivity index is 1.28. The molecule has 0 amide bonds. The molecular weight excluding hydrogens is 1180 g/mol. The molecule has 7 heterocycles. The number of allylic oxidation sites excluding steroid dienone is 1. The summed E-state index contributed by atoms with van der Waals surface area (Å²) in [5.74, 6) is 0.383. The molecule has 0 fully saturated rings. The van der Waals surface area contributed by atoms with Crippen LogP contribution < -0.4 is 29.5 Å². The van der Waals surface area contributed by atoms with E-state index in [9.17, 15) is 30.6 Å². The zero-order valence-corrected chi connectivity index (χ0v) is 57.1. The van der Waals surface area contributed by atoms with Crippen LogP contribution in [0.4, 0.5) is 0 Å². The van der Waals surface area contributed by atoms with Crippen LogP contribution in [0.3, 0.4) is 0 Å². The first-order valence-electron chi connectivity index (χ1n) is 32.0. The molecule has 0 bridgehead atoms. The van der Waals surface area contributed by atoms with E-state index in [1.807, 2.05) is 84.7 Å². The van der Waals surface area contributed by atoms with E-state index in [2.05, 4.69) is 64.1 Å². The van der Waals surface area contributed by atoms with Crippen LogP contribution in [0.1, 0.15) is 244 Å². The number of nitrogens with zero attached hydrogens (tertiary/aromatic N) is 6. The van der Waals surface area contributed by atoms with Gasteiger partial charge in [0.2, 0.25) is 0 Å². The Bertz CT molecular complexity index is 3690. The first-order chi connectivity index (χ1) is 41.6. The van der Waals surface area contributed by atoms with Crippen molar-refractivity contribution in [2.24, 2.45) is 5.92 Å². The van der Waals surface area contributed by atoms with Crippen molar-refractivity contribution in [3.8, 4) is 43.8 Å². The van der Waals surface area contributed by atoms with Crippen molar-refractivity contribution in [2.75, 3.05) is 0 Å². The number of thiazole rings is 2. The largest absolute Gasteiger partial charge is 0.298 e. The highest BCUT2D eigenvalue weighted by atomic mass is 32.2. The van der Waals surface area contributed by atoms with Gasteiger partial charge in [-0.2, -0.15) is 21.0 Å². The minimum Gasteiger partial charge on any atom is -0.298 e. The van der Waals surface area contributed by atoms with E-state index in [-0.39, 0.29) is 27.5 Å². The minimum absolute atomic E-state index is 0.0247. The van der Waals surface area contributed by atoms with Crippen molar-refractivity contribution >= 4 is 108 Å². The lowest BCUT2D eigenvalue weighted by Crippen LogP contribution is -2.31. The van der Waals surface area contributed by atoms with Gasteiger partial charge in [-0.05, 0) is 124 Å². The molecule has 0 aromatic carbocycles. The lowest BCUT2D eigenvalue weighted by Gasteiger charge is -2.17. The molecule has 85 heavy (non-hydrogen) atoms. The number of hydrogen-bond donors (Lipinski definition) is 0. The Hall–Kier alpha value is -4.81. The van der Waals surface area contributed by atoms with E-state index in [1.54, 1.807) is 31.8 Å². The fourth-order valence-electron chi connectivity index (χ4n) is 11.5. The third-order valence-corrected chi connectivity index (χ3v) is 25.2. The van der Waals surface area contributed by atoms with Crippen LogP contribution >= 0.6 is 79.8 Å². The third kappa shape index (κ3) is 18.4. The van der Waals surface area contributed by atoms with Gasteiger partial charge in [0.25, 0.3) is 11.1 Å². The number of thioether (sulfide) groups is 1. The van der Waals surface area contributed by atoms with Gasteiger partial charge in [0.1, 0.15) is 33.6 Å². The van der Waals surface area contributed by atoms with Crippen LogP contribution in [-0.2, 0) is 32.4 Å². The number of hydrogen-bond acceptors (Lipinski definition) is 13. The Morgan fingerprint density at radius 2 is 0.882 bits per heavy atom. The van der Waals surface area contributed by atoms with E-state index < -0.39 is 0 Å². The molecule has 0 N–H and O–H groups in total. The summed E-state index contributed by atoms with van der Waals surface area (Å²) in [6.45, 7) is 13.6. The average molecular weight is 1270 g/mol. The van der Waals surface area contributed by atoms with Gasteiger partial charge in [0, 0.05) is 57.0 Å². The maximum Gasteiger partial charge on any atom is 0.269 e. The minimum atomic E-state index is -0.157. The monoisotopic (exact) mass is 1270 g/mol. The van der Waals surface area contributed by atoms with Gasteiger partial charge in [0.15, 0.2) is 11.1 Å². The summed E-state index contributed by atoms with van der Waals surface area (Å²) in [7, 11) is 0. The lowest BCUT2D eigenvalue weighted by molar-refractivity contribution is 0.518. The molecule has 6 aromatic rings. The molecule has 0 spiro atoms. The third-order valence-electron chi connectivity index (χ3n) is 16.2. The zero-order valence-electron chi connectivity index (χ0n) is 51.3. The van der Waals surface area contributed by atoms with Gasteiger partial charge in [0.05, 0.1) is 14.3 Å². The smallest absolute Gasteiger partial charge is 0.269 e. The topological polar surface area (TPSA) is 139 Å². The second kappa shape index (κ2) is 35.9. The highest BCUT2D eigenvalue weighted by Crippen LogP contribution is 2.57. The van der Waals surface area contributed by atoms with Gasteiger partial charge < -0.3 is 0 Å². The van der Waals surface area contributed by atoms with Crippen molar-refractivity contribution in [3.63, 3.8) is 0 Å². The van der Waals surface area contributed by atoms with Crippen LogP contribution in [0.15, 0.2) is 46.0 Å². The molecule has 1 aliphatic rings. The highest BCUT2D eigenvalue weighted by Gasteiger charge is 2.33. The highest BCUT2D eigenvalue weighted by molar-refractivity contribution is 8.09. The molecule has 2 atom stereocenters. The molecular formula is C70H88N6O2S7. The van der Waals surface area contributed by atoms with Gasteiger partial charge in [-0.15, -0.1) is 79.8 Å². The summed E-state index contributed by atoms with van der Waals surface area (Å²) >= 11 is 12.0. The molecule has 0 aliphatic carbocycles. The normalized spacial score (nSPS) is 14.4. The predicted octanol–water partition coefficient (Wildman–Crippen LogP) is 18.7. The van der Waals surface area contributed by atoms with Crippen LogP contribution in [0.2, 0.25) is 0 Å². The second-order valence-corrected chi connectivity index (χ2v) is 30.2. The van der Waals surface area contributed by atoms with Gasteiger partial charge in [-0.3, -0.25) is 18.7 Å². The maximum absolute atomic E-state index is 13.8. The van der Waals surface area contributed by atoms with Crippen LogP contribution in [0, 0.1) is 51.2 Å². The SMILES string of the molecule is CCCCCCCCc1cc(/C=c2\sc(=C(C#N)C#N)n(CC)c2=O)sc1C1=CC(CCCCCCCC)C(c2ccc(-c3sc(-c4sc(/C=c5\sc(=C(C#N)C#N)n(CC)c5=O)cc4CCCCCCCC)cc3CCCCCCCC)s2)S1. The predicted molar refractivity (Wildman–Crippen MR) is 370 cm³/mol. The molecule has 8 nitrogen and oxygen atoms in total. The van der Waals surface area contributed by atoms with Gasteiger partial charge in [-0.25, -0.2) is 0 Å². The molecule has 2 unspecified atom stereocenters. The Morgan fingerprint density at radius 1 is 0.471 bits per heavy atom. The van der Waals surface area contributed by atoms with Crippen LogP contribution in [0.5, 0.6) is 0 Å². The summed E-state index contributed by atoms with van der Waals surface area (Å²) in [5.41, 5.74) is 3.75. The number of aryl methyl sites for hydroxylation is 3. The van der Waals surface area contributed by atoms with Crippen molar-refractivity contribution in [1.82, 2.24) is 9.13 Å². The standard InChI is InChI=1S/C70H88N6O2S7/c1-7-13-17-21-25-29-33-49-39-55(43-61-67(77)75(11-5)69(84-61)53(45-71)46-72)79-65(49)59-41-51(35-31-27-23-19-15-9-3)63(82-59)57-37-38-58(81-57)64-52(36-32-28-24-20-16-10-4)42-60(83-64)66-50(34-30-26-22-18-14-8-2)40-56(80-66)44-62-68(78)76(12-6)70(85-62)54(47-73)48-74/h37-44,51,63H,7-36H2,1-6H3/b61-43-,62-44-. The van der Waals surface area contributed by atoms with Crippen molar-refractivity contribution < 1.29 is 0 Å². The van der Waals surface area contributed by atoms with Crippen molar-refractivity contribution in [3.05, 3.63) is 112 Å². The average Bonchev–Trinajstić information content (AvgIpc) is 2.50. The second-order valence-electron chi connectivity index (χ2n) is 22.6. The van der Waals surface area contributed by atoms with Crippen LogP contribution in [-0.4, -0.2) is 9.13 Å². The van der Waals surface area contributed by atoms with Gasteiger partial charge >= 0.3 is 0 Å². The first kappa shape index (κ1) is 67.7. The lowest BCUT2D eigenvalue weighted by atomic mass is 9.95. The van der Waals surface area contributed by atoms with Crippen molar-refractivity contribution in [1.29, 1.82) is 21.0 Å². The van der Waals surface area contributed by atoms with Crippen LogP contribution in [0.25, 0.3) is 47.7 Å². The first-order valence-corrected chi connectivity index (χ1v) is 37.8. The number of nitriles is 4. The maximum atomic E-state index is 13.8. The summed E-state index contributed by atoms with van der Waals surface area (Å²) in [6, 6.07) is 20.0. The Kier molecular flexibility index (Phi) is 28.6. The molecule has 0 radical (unpaired) electrons. The number of rotatable bonds is 36.